The van der Waals surface area contributed by atoms with E-state index in [4.69, 9.17) is 5.26 Å². The van der Waals surface area contributed by atoms with Crippen LogP contribution in [0.1, 0.15) is 0 Å². The minimum absolute atomic E-state index is 0.410. The first kappa shape index (κ1) is 9.97. The summed E-state index contributed by atoms with van der Waals surface area (Å²) >= 11 is 3.98. The Morgan fingerprint density at radius 1 is 1.64 bits per heavy atom. The van der Waals surface area contributed by atoms with Gasteiger partial charge in [0.15, 0.2) is 0 Å². The molecule has 11 heavy (non-hydrogen) atoms. The van der Waals surface area contributed by atoms with Crippen LogP contribution >= 0.6 is 44.2 Å². The zero-order valence-electron chi connectivity index (χ0n) is 6.32. The predicted molar refractivity (Wildman–Crippen MR) is 61.7 cm³/mol. The summed E-state index contributed by atoms with van der Waals surface area (Å²) in [5.74, 6) is 3.69. The van der Waals surface area contributed by atoms with Crippen molar-refractivity contribution in [2.24, 2.45) is 0 Å². The van der Waals surface area contributed by atoms with E-state index in [1.165, 1.54) is 17.3 Å². The number of nitriles is 1. The lowest BCUT2D eigenvalue weighted by Crippen LogP contribution is -2.11. The Morgan fingerprint density at radius 3 is 2.91 bits per heavy atom. The van der Waals surface area contributed by atoms with Crippen molar-refractivity contribution >= 4 is 44.2 Å². The SMILES string of the molecule is CS[SH](C#N)C1CSCCS1. The molecule has 0 aromatic heterocycles. The number of rotatable bonds is 2. The first-order chi connectivity index (χ1) is 5.38. The number of nitrogens with zero attached hydrogens (tertiary/aromatic N) is 1. The second-order valence-electron chi connectivity index (χ2n) is 2.01. The Bertz CT molecular complexity index is 149. The second-order valence-corrected chi connectivity index (χ2v) is 8.93. The number of thiocyanates is 1. The van der Waals surface area contributed by atoms with Crippen molar-refractivity contribution in [1.82, 2.24) is 0 Å². The molecule has 5 heteroatoms. The Balaban J connectivity index is 2.38. The van der Waals surface area contributed by atoms with Crippen molar-refractivity contribution in [3.05, 3.63) is 0 Å². The van der Waals surface area contributed by atoms with Crippen LogP contribution in [0, 0.1) is 10.7 Å². The fourth-order valence-electron chi connectivity index (χ4n) is 0.834. The third-order valence-electron chi connectivity index (χ3n) is 1.36. The van der Waals surface area contributed by atoms with E-state index < -0.39 is 9.93 Å². The van der Waals surface area contributed by atoms with Crippen LogP contribution in [0.15, 0.2) is 0 Å². The molecule has 0 aromatic carbocycles. The van der Waals surface area contributed by atoms with Gasteiger partial charge in [0, 0.05) is 17.3 Å². The van der Waals surface area contributed by atoms with E-state index in [0.717, 1.165) is 0 Å². The Kier molecular flexibility index (Phi) is 5.01. The normalized spacial score (nSPS) is 29.1. The van der Waals surface area contributed by atoms with Gasteiger partial charge in [-0.15, -0.1) is 32.5 Å². The molecule has 1 fully saturated rings. The van der Waals surface area contributed by atoms with Crippen LogP contribution in [0.3, 0.4) is 0 Å². The van der Waals surface area contributed by atoms with E-state index >= 15 is 0 Å². The largest absolute Gasteiger partial charge is 0.186 e. The molecule has 1 nitrogen and oxygen atoms in total. The first-order valence-electron chi connectivity index (χ1n) is 3.31. The molecule has 0 radical (unpaired) electrons. The first-order valence-corrected chi connectivity index (χ1v) is 8.75. The third kappa shape index (κ3) is 3.02. The molecule has 0 N–H and O–H groups in total. The average molecular weight is 225 g/mol. The molecule has 64 valence electrons. The molecule has 1 aliphatic heterocycles. The van der Waals surface area contributed by atoms with E-state index in [9.17, 15) is 0 Å². The lowest BCUT2D eigenvalue weighted by molar-refractivity contribution is 1.37. The molecule has 0 saturated carbocycles. The summed E-state index contributed by atoms with van der Waals surface area (Å²) in [7, 11) is 1.34. The summed E-state index contributed by atoms with van der Waals surface area (Å²) in [5, 5.41) is 11.2. The molecule has 0 amide bonds. The molecule has 1 saturated heterocycles. The van der Waals surface area contributed by atoms with E-state index in [2.05, 4.69) is 11.7 Å². The Labute approximate surface area is 82.8 Å². The van der Waals surface area contributed by atoms with Crippen LogP contribution in [0.4, 0.5) is 0 Å². The molecule has 2 unspecified atom stereocenters. The zero-order chi connectivity index (χ0) is 8.10. The van der Waals surface area contributed by atoms with E-state index in [1.807, 2.05) is 23.5 Å². The van der Waals surface area contributed by atoms with Crippen molar-refractivity contribution in [3.63, 3.8) is 0 Å². The highest BCUT2D eigenvalue weighted by Gasteiger charge is 2.20. The van der Waals surface area contributed by atoms with Crippen molar-refractivity contribution in [2.45, 2.75) is 4.58 Å². The van der Waals surface area contributed by atoms with E-state index in [0.29, 0.717) is 4.58 Å². The van der Waals surface area contributed by atoms with Gasteiger partial charge in [-0.1, -0.05) is 0 Å². The Morgan fingerprint density at radius 2 is 2.45 bits per heavy atom. The minimum Gasteiger partial charge on any atom is -0.186 e. The van der Waals surface area contributed by atoms with Crippen molar-refractivity contribution < 1.29 is 0 Å². The molecule has 0 aromatic rings. The van der Waals surface area contributed by atoms with Crippen LogP contribution in [0.2, 0.25) is 0 Å². The van der Waals surface area contributed by atoms with Gasteiger partial charge in [0.1, 0.15) is 5.40 Å². The predicted octanol–water partition coefficient (Wildman–Crippen LogP) is 2.55. The lowest BCUT2D eigenvalue weighted by Gasteiger charge is -2.25. The number of hydrogen-bond donors (Lipinski definition) is 1. The van der Waals surface area contributed by atoms with Gasteiger partial charge in [-0.3, -0.25) is 0 Å². The van der Waals surface area contributed by atoms with E-state index in [-0.39, 0.29) is 0 Å². The summed E-state index contributed by atoms with van der Waals surface area (Å²) < 4.78 is 0.628. The maximum Gasteiger partial charge on any atom is 0.121 e. The van der Waals surface area contributed by atoms with Crippen molar-refractivity contribution in [1.29, 1.82) is 5.26 Å². The fourth-order valence-corrected chi connectivity index (χ4v) is 8.13. The van der Waals surface area contributed by atoms with Crippen LogP contribution in [-0.2, 0) is 0 Å². The number of hydrogen-bond acceptors (Lipinski definition) is 4. The molecule has 0 aliphatic carbocycles. The molecule has 1 rings (SSSR count). The van der Waals surface area contributed by atoms with Gasteiger partial charge >= 0.3 is 0 Å². The van der Waals surface area contributed by atoms with Gasteiger partial charge in [0.25, 0.3) is 0 Å². The van der Waals surface area contributed by atoms with Gasteiger partial charge in [0.2, 0.25) is 0 Å². The molecule has 0 bridgehead atoms. The summed E-state index contributed by atoms with van der Waals surface area (Å²) in [6.45, 7) is 0. The highest BCUT2D eigenvalue weighted by molar-refractivity contribution is 8.88. The molecule has 0 spiro atoms. The van der Waals surface area contributed by atoms with Crippen LogP contribution in [-0.4, -0.2) is 28.1 Å². The lowest BCUT2D eigenvalue weighted by atomic mass is 10.9. The van der Waals surface area contributed by atoms with E-state index in [1.54, 1.807) is 10.8 Å². The fraction of sp³-hybridized carbons (Fsp3) is 0.833. The summed E-state index contributed by atoms with van der Waals surface area (Å²) in [6, 6.07) is 0. The third-order valence-corrected chi connectivity index (χ3v) is 9.09. The number of thiol groups is 1. The van der Waals surface area contributed by atoms with Gasteiger partial charge in [-0.25, -0.2) is 0 Å². The smallest absolute Gasteiger partial charge is 0.121 e. The molecular formula is C6H11NS4. The van der Waals surface area contributed by atoms with Gasteiger partial charge in [-0.05, 0) is 6.26 Å². The minimum atomic E-state index is -0.410. The van der Waals surface area contributed by atoms with Gasteiger partial charge in [-0.2, -0.15) is 17.0 Å². The monoisotopic (exact) mass is 225 g/mol. The highest BCUT2D eigenvalue weighted by Crippen LogP contribution is 2.49. The van der Waals surface area contributed by atoms with Crippen LogP contribution in [0.5, 0.6) is 0 Å². The Hall–Kier alpha value is 0.890. The maximum atomic E-state index is 8.81. The maximum absolute atomic E-state index is 8.81. The molecule has 1 aliphatic rings. The second kappa shape index (κ2) is 5.52. The molecule has 1 heterocycles. The topological polar surface area (TPSA) is 23.8 Å². The van der Waals surface area contributed by atoms with Gasteiger partial charge in [0.05, 0.1) is 4.58 Å². The van der Waals surface area contributed by atoms with Crippen LogP contribution < -0.4 is 0 Å². The van der Waals surface area contributed by atoms with Crippen molar-refractivity contribution in [3.8, 4) is 5.40 Å². The van der Waals surface area contributed by atoms with Gasteiger partial charge < -0.3 is 0 Å². The number of thioether (sulfide) groups is 2. The summed E-state index contributed by atoms with van der Waals surface area (Å²) in [6.07, 6.45) is 2.05. The van der Waals surface area contributed by atoms with Crippen molar-refractivity contribution in [2.75, 3.05) is 23.5 Å². The highest BCUT2D eigenvalue weighted by atomic mass is 33.1. The zero-order valence-corrected chi connectivity index (χ0v) is 9.66. The molecule has 2 atom stereocenters. The quantitative estimate of drug-likeness (QED) is 0.443. The standard InChI is InChI=1S/C6H11NS4/c1-8-11(5-7)6-4-9-2-3-10-6/h6,11H,2-4H2,1H3. The average Bonchev–Trinajstić information content (AvgIpc) is 2.09. The summed E-state index contributed by atoms with van der Waals surface area (Å²) in [5.41, 5.74) is 0. The summed E-state index contributed by atoms with van der Waals surface area (Å²) in [4.78, 5) is 0. The van der Waals surface area contributed by atoms with Crippen LogP contribution in [0.25, 0.3) is 0 Å². The molecular weight excluding hydrogens is 214 g/mol.